The Bertz CT molecular complexity index is 1400. The van der Waals surface area contributed by atoms with Crippen LogP contribution in [0.3, 0.4) is 0 Å². The first kappa shape index (κ1) is 60.8. The maximum Gasteiger partial charge on any atom is 0.306 e. The second-order valence-corrected chi connectivity index (χ2v) is 16.7. The van der Waals surface area contributed by atoms with E-state index in [1.54, 1.807) is 0 Å². The standard InChI is InChI=1S/C59H94O6/c1-4-7-10-13-16-19-22-25-27-29-31-34-37-40-43-46-49-52-58(61)64-55-56(54-63-57(60)51-48-45-42-39-36-33-24-21-18-15-12-9-6-3)65-59(62)53-50-47-44-41-38-35-32-30-28-26-23-20-17-14-11-8-5-2/h7-8,10-12,15-17,19-21,24-28,31-32,34-35,56H,4-6,9,13-14,18,22-23,29-30,33,36-55H2,1-3H3/b10-7-,11-8-,15-12-,19-16-,20-17-,24-21-,27-25-,28-26-,34-31-,35-32-. The molecule has 0 spiro atoms. The second-order valence-electron chi connectivity index (χ2n) is 16.7. The van der Waals surface area contributed by atoms with E-state index in [-0.39, 0.29) is 37.5 Å². The van der Waals surface area contributed by atoms with Crippen molar-refractivity contribution in [1.29, 1.82) is 0 Å². The Hall–Kier alpha value is -4.19. The molecule has 0 radical (unpaired) electrons. The molecule has 0 aliphatic rings. The highest BCUT2D eigenvalue weighted by Crippen LogP contribution is 2.12. The summed E-state index contributed by atoms with van der Waals surface area (Å²) in [6.07, 6.45) is 71.8. The summed E-state index contributed by atoms with van der Waals surface area (Å²) in [5.41, 5.74) is 0. The van der Waals surface area contributed by atoms with Gasteiger partial charge in [0.1, 0.15) is 13.2 Å². The molecular weight excluding hydrogens is 805 g/mol. The van der Waals surface area contributed by atoms with Crippen molar-refractivity contribution in [2.75, 3.05) is 13.2 Å². The molecule has 0 fully saturated rings. The number of carbonyl (C=O) groups is 3. The summed E-state index contributed by atoms with van der Waals surface area (Å²) in [4.78, 5) is 38.0. The topological polar surface area (TPSA) is 78.9 Å². The molecule has 0 bridgehead atoms. The molecule has 6 heteroatoms. The van der Waals surface area contributed by atoms with Gasteiger partial charge < -0.3 is 14.2 Å². The first-order valence-electron chi connectivity index (χ1n) is 26.0. The third-order valence-corrected chi connectivity index (χ3v) is 10.4. The van der Waals surface area contributed by atoms with Crippen LogP contribution in [0.1, 0.15) is 213 Å². The zero-order valence-electron chi connectivity index (χ0n) is 41.7. The van der Waals surface area contributed by atoms with Crippen LogP contribution in [0.25, 0.3) is 0 Å². The van der Waals surface area contributed by atoms with Crippen LogP contribution < -0.4 is 0 Å². The van der Waals surface area contributed by atoms with Gasteiger partial charge in [0.2, 0.25) is 0 Å². The molecule has 1 unspecified atom stereocenters. The lowest BCUT2D eigenvalue weighted by atomic mass is 10.1. The highest BCUT2D eigenvalue weighted by Gasteiger charge is 2.19. The van der Waals surface area contributed by atoms with Crippen LogP contribution >= 0.6 is 0 Å². The average molecular weight is 899 g/mol. The van der Waals surface area contributed by atoms with E-state index in [1.165, 1.54) is 6.42 Å². The van der Waals surface area contributed by atoms with Crippen molar-refractivity contribution in [3.8, 4) is 0 Å². The summed E-state index contributed by atoms with van der Waals surface area (Å²) >= 11 is 0. The summed E-state index contributed by atoms with van der Waals surface area (Å²) in [5, 5.41) is 0. The molecule has 0 saturated carbocycles. The molecule has 0 N–H and O–H groups in total. The number of hydrogen-bond donors (Lipinski definition) is 0. The lowest BCUT2D eigenvalue weighted by molar-refractivity contribution is -0.167. The highest BCUT2D eigenvalue weighted by atomic mass is 16.6. The molecule has 0 rings (SSSR count). The normalized spacial score (nSPS) is 13.1. The third-order valence-electron chi connectivity index (χ3n) is 10.4. The van der Waals surface area contributed by atoms with Crippen molar-refractivity contribution in [2.45, 2.75) is 219 Å². The van der Waals surface area contributed by atoms with Crippen LogP contribution in [0.4, 0.5) is 0 Å². The predicted molar refractivity (Wildman–Crippen MR) is 279 cm³/mol. The van der Waals surface area contributed by atoms with E-state index in [0.29, 0.717) is 12.8 Å². The van der Waals surface area contributed by atoms with E-state index < -0.39 is 6.10 Å². The summed E-state index contributed by atoms with van der Waals surface area (Å²) < 4.78 is 16.8. The molecule has 0 aromatic carbocycles. The number of unbranched alkanes of at least 4 members (excludes halogenated alkanes) is 14. The maximum atomic E-state index is 12.8. The van der Waals surface area contributed by atoms with Gasteiger partial charge in [0.25, 0.3) is 0 Å². The zero-order valence-corrected chi connectivity index (χ0v) is 41.7. The van der Waals surface area contributed by atoms with Gasteiger partial charge in [-0.3, -0.25) is 14.4 Å². The zero-order chi connectivity index (χ0) is 47.2. The molecule has 0 aromatic rings. The minimum atomic E-state index is -0.810. The quantitative estimate of drug-likeness (QED) is 0.0262. The summed E-state index contributed by atoms with van der Waals surface area (Å²) in [7, 11) is 0. The number of esters is 3. The monoisotopic (exact) mass is 899 g/mol. The van der Waals surface area contributed by atoms with Gasteiger partial charge in [-0.2, -0.15) is 0 Å². The van der Waals surface area contributed by atoms with Crippen LogP contribution in [0.2, 0.25) is 0 Å². The Labute approximate surface area is 399 Å². The average Bonchev–Trinajstić information content (AvgIpc) is 3.30. The van der Waals surface area contributed by atoms with Crippen LogP contribution in [-0.2, 0) is 28.6 Å². The van der Waals surface area contributed by atoms with Gasteiger partial charge in [-0.1, -0.05) is 194 Å². The molecule has 0 saturated heterocycles. The third kappa shape index (κ3) is 50.7. The Morgan fingerprint density at radius 2 is 0.600 bits per heavy atom. The van der Waals surface area contributed by atoms with Gasteiger partial charge in [0.15, 0.2) is 6.10 Å². The first-order valence-corrected chi connectivity index (χ1v) is 26.0. The molecule has 0 aliphatic carbocycles. The van der Waals surface area contributed by atoms with Crippen molar-refractivity contribution >= 4 is 17.9 Å². The Morgan fingerprint density at radius 1 is 0.323 bits per heavy atom. The van der Waals surface area contributed by atoms with Gasteiger partial charge in [-0.15, -0.1) is 0 Å². The van der Waals surface area contributed by atoms with E-state index in [9.17, 15) is 14.4 Å². The predicted octanol–water partition coefficient (Wildman–Crippen LogP) is 17.3. The van der Waals surface area contributed by atoms with Gasteiger partial charge >= 0.3 is 17.9 Å². The van der Waals surface area contributed by atoms with Crippen molar-refractivity contribution in [3.63, 3.8) is 0 Å². The van der Waals surface area contributed by atoms with Crippen molar-refractivity contribution < 1.29 is 28.6 Å². The van der Waals surface area contributed by atoms with E-state index in [0.717, 1.165) is 167 Å². The lowest BCUT2D eigenvalue weighted by Gasteiger charge is -2.18. The van der Waals surface area contributed by atoms with Crippen LogP contribution in [-0.4, -0.2) is 37.2 Å². The van der Waals surface area contributed by atoms with Gasteiger partial charge in [-0.05, 0) is 122 Å². The fourth-order valence-electron chi connectivity index (χ4n) is 6.58. The van der Waals surface area contributed by atoms with E-state index in [1.807, 2.05) is 0 Å². The van der Waals surface area contributed by atoms with Gasteiger partial charge in [0.05, 0.1) is 0 Å². The lowest BCUT2D eigenvalue weighted by Crippen LogP contribution is -2.30. The minimum absolute atomic E-state index is 0.107. The molecule has 0 amide bonds. The molecule has 0 heterocycles. The largest absolute Gasteiger partial charge is 0.462 e. The summed E-state index contributed by atoms with van der Waals surface area (Å²) in [6, 6.07) is 0. The van der Waals surface area contributed by atoms with Crippen molar-refractivity contribution in [2.24, 2.45) is 0 Å². The summed E-state index contributed by atoms with van der Waals surface area (Å²) in [6.45, 7) is 6.27. The van der Waals surface area contributed by atoms with Crippen molar-refractivity contribution in [3.05, 3.63) is 122 Å². The molecule has 366 valence electrons. The van der Waals surface area contributed by atoms with Crippen molar-refractivity contribution in [1.82, 2.24) is 0 Å². The Morgan fingerprint density at radius 3 is 0.938 bits per heavy atom. The SMILES string of the molecule is CC/C=C\C/C=C\C/C=C\C/C=C\CCCCCCC(=O)OCC(COC(=O)CCCCCCC/C=C\C/C=C\CCC)OC(=O)CCCCCC/C=C\C/C=C\C/C=C\C/C=C\CC. The summed E-state index contributed by atoms with van der Waals surface area (Å²) in [5.74, 6) is -0.976. The van der Waals surface area contributed by atoms with Gasteiger partial charge in [0, 0.05) is 19.3 Å². The highest BCUT2D eigenvalue weighted by molar-refractivity contribution is 5.71. The molecular formula is C59H94O6. The molecule has 1 atom stereocenters. The second kappa shape index (κ2) is 52.4. The maximum absolute atomic E-state index is 12.8. The molecule has 65 heavy (non-hydrogen) atoms. The molecule has 0 aliphatic heterocycles. The fourth-order valence-corrected chi connectivity index (χ4v) is 6.58. The van der Waals surface area contributed by atoms with E-state index >= 15 is 0 Å². The number of allylic oxidation sites excluding steroid dienone is 20. The fraction of sp³-hybridized carbons (Fsp3) is 0.610. The number of ether oxygens (including phenoxy) is 3. The van der Waals surface area contributed by atoms with E-state index in [4.69, 9.17) is 14.2 Å². The van der Waals surface area contributed by atoms with Crippen LogP contribution in [0, 0.1) is 0 Å². The first-order chi connectivity index (χ1) is 32.0. The Balaban J connectivity index is 4.52. The molecule has 0 aromatic heterocycles. The number of hydrogen-bond acceptors (Lipinski definition) is 6. The Kier molecular flexibility index (Phi) is 49.1. The van der Waals surface area contributed by atoms with Crippen LogP contribution in [0.15, 0.2) is 122 Å². The van der Waals surface area contributed by atoms with Gasteiger partial charge in [-0.25, -0.2) is 0 Å². The minimum Gasteiger partial charge on any atom is -0.462 e. The smallest absolute Gasteiger partial charge is 0.306 e. The van der Waals surface area contributed by atoms with Crippen LogP contribution in [0.5, 0.6) is 0 Å². The number of rotatable bonds is 45. The van der Waals surface area contributed by atoms with E-state index in [2.05, 4.69) is 142 Å². The number of carbonyl (C=O) groups excluding carboxylic acids is 3. The molecule has 6 nitrogen and oxygen atoms in total.